The van der Waals surface area contributed by atoms with Crippen molar-refractivity contribution in [1.82, 2.24) is 4.90 Å². The van der Waals surface area contributed by atoms with E-state index in [0.29, 0.717) is 25.2 Å². The van der Waals surface area contributed by atoms with E-state index < -0.39 is 13.4 Å². The monoisotopic (exact) mass is 514 g/mol. The van der Waals surface area contributed by atoms with Crippen molar-refractivity contribution in [3.8, 4) is 5.75 Å². The van der Waals surface area contributed by atoms with Crippen molar-refractivity contribution >= 4 is 27.7 Å². The van der Waals surface area contributed by atoms with Gasteiger partial charge in [0.1, 0.15) is 5.75 Å². The lowest BCUT2D eigenvalue weighted by molar-refractivity contribution is -0.141. The molecule has 2 amide bonds. The predicted molar refractivity (Wildman–Crippen MR) is 130 cm³/mol. The zero-order valence-corrected chi connectivity index (χ0v) is 21.8. The maximum atomic E-state index is 13.2. The van der Waals surface area contributed by atoms with E-state index in [1.165, 1.54) is 12.9 Å². The fourth-order valence-electron chi connectivity index (χ4n) is 3.39. The Morgan fingerprint density at radius 3 is 2.29 bits per heavy atom. The molecule has 0 aromatic heterocycles. The number of amides is 2. The number of carbonyl (C=O) groups excluding carboxylic acids is 2. The summed E-state index contributed by atoms with van der Waals surface area (Å²) in [6, 6.07) is 6.46. The van der Waals surface area contributed by atoms with Crippen LogP contribution in [0.25, 0.3) is 0 Å². The van der Waals surface area contributed by atoms with Crippen LogP contribution >= 0.6 is 7.82 Å². The van der Waals surface area contributed by atoms with E-state index in [0.717, 1.165) is 5.56 Å². The minimum Gasteiger partial charge on any atom is -0.442 e. The lowest BCUT2D eigenvalue weighted by Crippen LogP contribution is -2.38. The maximum absolute atomic E-state index is 13.2. The Morgan fingerprint density at radius 1 is 1.06 bits per heavy atom. The van der Waals surface area contributed by atoms with Gasteiger partial charge in [0.15, 0.2) is 0 Å². The Morgan fingerprint density at radius 2 is 1.69 bits per heavy atom. The summed E-state index contributed by atoms with van der Waals surface area (Å²) in [5, 5.41) is 0. The highest BCUT2D eigenvalue weighted by atomic mass is 31.2. The summed E-state index contributed by atoms with van der Waals surface area (Å²) in [6.07, 6.45) is 1.47. The molecule has 35 heavy (non-hydrogen) atoms. The summed E-state index contributed by atoms with van der Waals surface area (Å²) in [5.74, 6) is 5.11. The molecule has 196 valence electrons. The maximum Gasteiger partial charge on any atom is 0.530 e. The second-order valence-corrected chi connectivity index (χ2v) is 10.4. The van der Waals surface area contributed by atoms with E-state index in [1.54, 1.807) is 24.3 Å². The van der Waals surface area contributed by atoms with Gasteiger partial charge in [-0.1, -0.05) is 12.1 Å². The molecule has 11 nitrogen and oxygen atoms in total. The lowest BCUT2D eigenvalue weighted by Gasteiger charge is -2.28. The molecule has 0 aliphatic carbocycles. The summed E-state index contributed by atoms with van der Waals surface area (Å²) in [7, 11) is -2.43. The van der Waals surface area contributed by atoms with Crippen LogP contribution < -0.4 is 10.4 Å². The third kappa shape index (κ3) is 10.0. The quantitative estimate of drug-likeness (QED) is 0.108. The van der Waals surface area contributed by atoms with Gasteiger partial charge >= 0.3 is 7.82 Å². The highest BCUT2D eigenvalue weighted by molar-refractivity contribution is 7.48. The average Bonchev–Trinajstić information content (AvgIpc) is 3.13. The highest BCUT2D eigenvalue weighted by Crippen LogP contribution is 2.49. The molecule has 0 radical (unpaired) electrons. The van der Waals surface area contributed by atoms with Gasteiger partial charge < -0.3 is 13.9 Å². The largest absolute Gasteiger partial charge is 0.530 e. The Kier molecular flexibility index (Phi) is 11.8. The van der Waals surface area contributed by atoms with Crippen LogP contribution in [0, 0.1) is 0 Å². The van der Waals surface area contributed by atoms with Gasteiger partial charge in [-0.25, -0.2) is 10.5 Å². The molecule has 2 unspecified atom stereocenters. The number of imide groups is 1. The molecule has 0 saturated carbocycles. The molecule has 2 atom stereocenters. The lowest BCUT2D eigenvalue weighted by atomic mass is 10.1. The number of benzene rings is 1. The fraction of sp³-hybridized carbons (Fsp3) is 0.636. The van der Waals surface area contributed by atoms with Gasteiger partial charge in [-0.15, -0.1) is 0 Å². The second kappa shape index (κ2) is 14.1. The van der Waals surface area contributed by atoms with Crippen molar-refractivity contribution in [2.75, 3.05) is 26.4 Å². The summed E-state index contributed by atoms with van der Waals surface area (Å²) in [6.45, 7) is 6.47. The minimum atomic E-state index is -3.93. The van der Waals surface area contributed by atoms with Gasteiger partial charge in [-0.2, -0.15) is 0 Å². The third-order valence-corrected chi connectivity index (χ3v) is 6.87. The molecule has 1 aliphatic rings. The summed E-state index contributed by atoms with van der Waals surface area (Å²) >= 11 is 0. The molecule has 2 rings (SSSR count). The number of nitrogens with zero attached hydrogens (tertiary/aromatic N) is 1. The first-order valence-electron chi connectivity index (χ1n) is 11.6. The summed E-state index contributed by atoms with van der Waals surface area (Å²) in [5.41, 5.74) is 0.211. The Bertz CT molecular complexity index is 853. The fourth-order valence-corrected chi connectivity index (χ4v) is 4.56. The van der Waals surface area contributed by atoms with Crippen molar-refractivity contribution < 1.29 is 42.0 Å². The number of ether oxygens (including phenoxy) is 1. The molecule has 1 aliphatic heterocycles. The number of carbonyl (C=O) groups is 2. The number of hydrogen-bond acceptors (Lipinski definition) is 10. The van der Waals surface area contributed by atoms with E-state index in [1.807, 2.05) is 20.8 Å². The Labute approximate surface area is 207 Å². The Balaban J connectivity index is 1.85. The van der Waals surface area contributed by atoms with Crippen molar-refractivity contribution in [3.05, 3.63) is 29.8 Å². The van der Waals surface area contributed by atoms with Crippen LogP contribution in [0.4, 0.5) is 0 Å². The van der Waals surface area contributed by atoms with Gasteiger partial charge in [-0.05, 0) is 51.3 Å². The van der Waals surface area contributed by atoms with Gasteiger partial charge in [-0.3, -0.25) is 28.4 Å². The molecule has 13 heteroatoms. The number of phosphoric ester groups is 1. The first-order chi connectivity index (χ1) is 16.6. The summed E-state index contributed by atoms with van der Waals surface area (Å²) < 4.78 is 40.6. The van der Waals surface area contributed by atoms with Crippen molar-refractivity contribution in [1.29, 1.82) is 0 Å². The van der Waals surface area contributed by atoms with Crippen LogP contribution in [0.15, 0.2) is 24.3 Å². The minimum absolute atomic E-state index is 0.0264. The molecule has 0 bridgehead atoms. The number of hydrogen-bond donors (Lipinski definition) is 1. The number of nitrogens with two attached hydrogens (primary N) is 1. The first-order valence-corrected chi connectivity index (χ1v) is 13.0. The van der Waals surface area contributed by atoms with E-state index in [4.69, 9.17) is 28.9 Å². The third-order valence-electron chi connectivity index (χ3n) is 5.44. The van der Waals surface area contributed by atoms with Gasteiger partial charge in [0, 0.05) is 25.5 Å². The van der Waals surface area contributed by atoms with Crippen LogP contribution in [0.3, 0.4) is 0 Å². The van der Waals surface area contributed by atoms with Gasteiger partial charge in [0.25, 0.3) is 8.05 Å². The SMILES string of the molecule is BOCCOP(=O)(OCCC(C)(C)OCCC(C)N1C(=O)CCC1=O)Oc1ccc(CON)cc1. The van der Waals surface area contributed by atoms with Crippen molar-refractivity contribution in [2.24, 2.45) is 5.90 Å². The molecular weight excluding hydrogens is 478 g/mol. The Hall–Kier alpha value is -1.79. The van der Waals surface area contributed by atoms with Crippen LogP contribution in [0.2, 0.25) is 0 Å². The summed E-state index contributed by atoms with van der Waals surface area (Å²) in [4.78, 5) is 29.7. The average molecular weight is 514 g/mol. The van der Waals surface area contributed by atoms with Crippen LogP contribution in [-0.4, -0.2) is 62.8 Å². The van der Waals surface area contributed by atoms with Gasteiger partial charge in [0.2, 0.25) is 11.8 Å². The molecule has 0 spiro atoms. The smallest absolute Gasteiger partial charge is 0.442 e. The van der Waals surface area contributed by atoms with E-state index in [9.17, 15) is 14.2 Å². The van der Waals surface area contributed by atoms with E-state index in [2.05, 4.69) is 4.84 Å². The zero-order valence-electron chi connectivity index (χ0n) is 20.9. The van der Waals surface area contributed by atoms with Gasteiger partial charge in [0.05, 0.1) is 32.0 Å². The van der Waals surface area contributed by atoms with Crippen LogP contribution in [-0.2, 0) is 44.0 Å². The normalized spacial score (nSPS) is 17.0. The van der Waals surface area contributed by atoms with Crippen molar-refractivity contribution in [2.45, 2.75) is 64.7 Å². The van der Waals surface area contributed by atoms with Crippen LogP contribution in [0.5, 0.6) is 5.75 Å². The van der Waals surface area contributed by atoms with Crippen LogP contribution in [0.1, 0.15) is 52.0 Å². The molecule has 1 saturated heterocycles. The molecule has 1 fully saturated rings. The van der Waals surface area contributed by atoms with E-state index in [-0.39, 0.29) is 57.1 Å². The molecule has 2 N–H and O–H groups in total. The highest BCUT2D eigenvalue weighted by Gasteiger charge is 2.33. The zero-order chi connectivity index (χ0) is 25.9. The standard InChI is InChI=1S/C22H36BN2O9P/c1-17(25-20(26)8-9-21(25)27)10-12-29-22(2,3)11-13-32-35(28,33-15-14-30-23)34-19-6-4-18(5-7-19)16-31-24/h4-7,17H,8-16,23-24H2,1-3H3. The molecule has 1 aromatic carbocycles. The number of rotatable bonds is 17. The predicted octanol–water partition coefficient (Wildman–Crippen LogP) is 2.27. The number of phosphoric acid groups is 1. The molecular formula is C22H36BN2O9P. The number of likely N-dealkylation sites (tertiary alicyclic amines) is 1. The molecule has 1 aromatic rings. The molecule has 1 heterocycles. The topological polar surface area (TPSA) is 136 Å². The first kappa shape index (κ1) is 29.4. The second-order valence-electron chi connectivity index (χ2n) is 8.81. The van der Waals surface area contributed by atoms with Crippen molar-refractivity contribution in [3.63, 3.8) is 0 Å². The van der Waals surface area contributed by atoms with E-state index >= 15 is 0 Å².